The van der Waals surface area contributed by atoms with Crippen LogP contribution in [-0.2, 0) is 7.05 Å². The first-order valence-electron chi connectivity index (χ1n) is 8.02. The van der Waals surface area contributed by atoms with E-state index in [4.69, 9.17) is 10.3 Å². The van der Waals surface area contributed by atoms with Gasteiger partial charge in [0.25, 0.3) is 0 Å². The summed E-state index contributed by atoms with van der Waals surface area (Å²) in [6, 6.07) is 11.8. The normalized spacial score (nSPS) is 11.0. The highest BCUT2D eigenvalue weighted by Gasteiger charge is 2.20. The lowest BCUT2D eigenvalue weighted by Gasteiger charge is -2.07. The summed E-state index contributed by atoms with van der Waals surface area (Å²) in [7, 11) is 1.98. The molecule has 0 atom stereocenters. The Morgan fingerprint density at radius 1 is 1.08 bits per heavy atom. The van der Waals surface area contributed by atoms with Crippen molar-refractivity contribution in [1.82, 2.24) is 19.7 Å². The van der Waals surface area contributed by atoms with E-state index >= 15 is 0 Å². The average molecular weight is 349 g/mol. The second kappa shape index (κ2) is 6.11. The minimum absolute atomic E-state index is 0.115. The first-order chi connectivity index (χ1) is 12.5. The lowest BCUT2D eigenvalue weighted by Crippen LogP contribution is -1.99. The van der Waals surface area contributed by atoms with Crippen molar-refractivity contribution >= 4 is 5.88 Å². The fourth-order valence-electron chi connectivity index (χ4n) is 2.82. The molecular formula is C19H16FN5O. The van der Waals surface area contributed by atoms with Crippen LogP contribution in [0.15, 0.2) is 53.2 Å². The van der Waals surface area contributed by atoms with Gasteiger partial charge in [-0.05, 0) is 49.4 Å². The first-order valence-corrected chi connectivity index (χ1v) is 8.02. The highest BCUT2D eigenvalue weighted by Crippen LogP contribution is 2.35. The SMILES string of the molecule is Cc1ccc(-c2ccnc(-c3c(-c4ccc(F)cc4)noc3N)n2)n1C. The van der Waals surface area contributed by atoms with Gasteiger partial charge in [-0.15, -0.1) is 0 Å². The average Bonchev–Trinajstić information content (AvgIpc) is 3.19. The zero-order chi connectivity index (χ0) is 18.3. The van der Waals surface area contributed by atoms with E-state index in [1.54, 1.807) is 18.3 Å². The highest BCUT2D eigenvalue weighted by molar-refractivity contribution is 5.84. The molecule has 0 bridgehead atoms. The van der Waals surface area contributed by atoms with Crippen molar-refractivity contribution in [2.75, 3.05) is 5.73 Å². The van der Waals surface area contributed by atoms with Crippen LogP contribution in [-0.4, -0.2) is 19.7 Å². The van der Waals surface area contributed by atoms with Crippen LogP contribution in [0, 0.1) is 12.7 Å². The minimum Gasteiger partial charge on any atom is -0.367 e. The van der Waals surface area contributed by atoms with Gasteiger partial charge in [0.1, 0.15) is 17.1 Å². The van der Waals surface area contributed by atoms with E-state index in [1.165, 1.54) is 12.1 Å². The fourth-order valence-corrected chi connectivity index (χ4v) is 2.82. The fraction of sp³-hybridized carbons (Fsp3) is 0.105. The highest BCUT2D eigenvalue weighted by atomic mass is 19.1. The summed E-state index contributed by atoms with van der Waals surface area (Å²) in [6.07, 6.45) is 1.67. The van der Waals surface area contributed by atoms with Crippen LogP contribution < -0.4 is 5.73 Å². The topological polar surface area (TPSA) is 82.8 Å². The molecular weight excluding hydrogens is 333 g/mol. The molecule has 4 rings (SSSR count). The molecule has 7 heteroatoms. The maximum absolute atomic E-state index is 13.2. The van der Waals surface area contributed by atoms with Gasteiger partial charge < -0.3 is 14.8 Å². The predicted molar refractivity (Wildman–Crippen MR) is 96.5 cm³/mol. The van der Waals surface area contributed by atoms with E-state index in [9.17, 15) is 4.39 Å². The van der Waals surface area contributed by atoms with Gasteiger partial charge in [0.15, 0.2) is 5.82 Å². The van der Waals surface area contributed by atoms with Crippen LogP contribution in [0.4, 0.5) is 10.3 Å². The molecule has 0 unspecified atom stereocenters. The molecule has 1 aromatic carbocycles. The molecule has 0 saturated carbocycles. The zero-order valence-electron chi connectivity index (χ0n) is 14.3. The number of hydrogen-bond donors (Lipinski definition) is 1. The number of hydrogen-bond acceptors (Lipinski definition) is 5. The van der Waals surface area contributed by atoms with Crippen molar-refractivity contribution in [3.63, 3.8) is 0 Å². The Morgan fingerprint density at radius 3 is 2.54 bits per heavy atom. The number of nitrogen functional groups attached to an aromatic ring is 1. The Kier molecular flexibility index (Phi) is 3.76. The molecule has 0 amide bonds. The number of nitrogens with zero attached hydrogens (tertiary/aromatic N) is 4. The molecule has 0 aliphatic heterocycles. The molecule has 4 aromatic rings. The van der Waals surface area contributed by atoms with Gasteiger partial charge in [-0.2, -0.15) is 0 Å². The maximum Gasteiger partial charge on any atom is 0.233 e. The molecule has 0 spiro atoms. The first kappa shape index (κ1) is 16.0. The lowest BCUT2D eigenvalue weighted by molar-refractivity contribution is 0.439. The van der Waals surface area contributed by atoms with Crippen molar-refractivity contribution in [3.8, 4) is 34.0 Å². The monoisotopic (exact) mass is 349 g/mol. The summed E-state index contributed by atoms with van der Waals surface area (Å²) in [4.78, 5) is 8.97. The molecule has 0 fully saturated rings. The van der Waals surface area contributed by atoms with E-state index in [1.807, 2.05) is 36.7 Å². The summed E-state index contributed by atoms with van der Waals surface area (Å²) >= 11 is 0. The maximum atomic E-state index is 13.2. The van der Waals surface area contributed by atoms with Gasteiger partial charge in [0, 0.05) is 24.5 Å². The van der Waals surface area contributed by atoms with Gasteiger partial charge in [-0.1, -0.05) is 5.16 Å². The summed E-state index contributed by atoms with van der Waals surface area (Å²) in [5.41, 5.74) is 10.5. The van der Waals surface area contributed by atoms with Crippen molar-refractivity contribution in [3.05, 3.63) is 60.2 Å². The molecule has 0 radical (unpaired) electrons. The standard InChI is InChI=1S/C19H16FN5O/c1-11-3-8-15(25(11)2)14-9-10-22-19(23-14)16-17(24-26-18(16)21)12-4-6-13(20)7-5-12/h3-10H,21H2,1-2H3. The molecule has 0 saturated heterocycles. The Bertz CT molecular complexity index is 1080. The lowest BCUT2D eigenvalue weighted by atomic mass is 10.1. The third-order valence-corrected chi connectivity index (χ3v) is 4.35. The molecule has 2 N–H and O–H groups in total. The van der Waals surface area contributed by atoms with Crippen molar-refractivity contribution in [2.45, 2.75) is 6.92 Å². The second-order valence-electron chi connectivity index (χ2n) is 5.96. The van der Waals surface area contributed by atoms with Crippen molar-refractivity contribution < 1.29 is 8.91 Å². The number of rotatable bonds is 3. The second-order valence-corrected chi connectivity index (χ2v) is 5.96. The van der Waals surface area contributed by atoms with E-state index < -0.39 is 0 Å². The molecule has 3 aromatic heterocycles. The number of aromatic nitrogens is 4. The number of anilines is 1. The Morgan fingerprint density at radius 2 is 1.85 bits per heavy atom. The zero-order valence-corrected chi connectivity index (χ0v) is 14.3. The third kappa shape index (κ3) is 2.63. The summed E-state index contributed by atoms with van der Waals surface area (Å²) in [5.74, 6) is 0.188. The predicted octanol–water partition coefficient (Wildman–Crippen LogP) is 3.83. The minimum atomic E-state index is -0.330. The molecule has 26 heavy (non-hydrogen) atoms. The van der Waals surface area contributed by atoms with Gasteiger partial charge in [-0.25, -0.2) is 14.4 Å². The smallest absolute Gasteiger partial charge is 0.233 e. The van der Waals surface area contributed by atoms with Crippen LogP contribution in [0.1, 0.15) is 5.69 Å². The molecule has 0 aliphatic carbocycles. The summed E-state index contributed by atoms with van der Waals surface area (Å²) in [6.45, 7) is 2.02. The molecule has 130 valence electrons. The van der Waals surface area contributed by atoms with E-state index in [0.29, 0.717) is 22.6 Å². The van der Waals surface area contributed by atoms with Crippen LogP contribution >= 0.6 is 0 Å². The summed E-state index contributed by atoms with van der Waals surface area (Å²) < 4.78 is 20.4. The van der Waals surface area contributed by atoms with E-state index in [2.05, 4.69) is 15.1 Å². The van der Waals surface area contributed by atoms with Crippen LogP contribution in [0.2, 0.25) is 0 Å². The Hall–Kier alpha value is -3.48. The van der Waals surface area contributed by atoms with Crippen LogP contribution in [0.5, 0.6) is 0 Å². The summed E-state index contributed by atoms with van der Waals surface area (Å²) in [5, 5.41) is 4.01. The van der Waals surface area contributed by atoms with E-state index in [0.717, 1.165) is 17.1 Å². The molecule has 3 heterocycles. The number of aryl methyl sites for hydroxylation is 1. The number of nitrogens with two attached hydrogens (primary N) is 1. The van der Waals surface area contributed by atoms with Gasteiger partial charge >= 0.3 is 0 Å². The third-order valence-electron chi connectivity index (χ3n) is 4.35. The van der Waals surface area contributed by atoms with Crippen molar-refractivity contribution in [1.29, 1.82) is 0 Å². The van der Waals surface area contributed by atoms with Crippen LogP contribution in [0.3, 0.4) is 0 Å². The number of benzene rings is 1. The Labute approximate surface area is 149 Å². The van der Waals surface area contributed by atoms with Crippen LogP contribution in [0.25, 0.3) is 34.0 Å². The largest absolute Gasteiger partial charge is 0.367 e. The van der Waals surface area contributed by atoms with E-state index in [-0.39, 0.29) is 11.7 Å². The van der Waals surface area contributed by atoms with Crippen molar-refractivity contribution in [2.24, 2.45) is 7.05 Å². The molecule has 6 nitrogen and oxygen atoms in total. The quantitative estimate of drug-likeness (QED) is 0.608. The van der Waals surface area contributed by atoms with Gasteiger partial charge in [-0.3, -0.25) is 0 Å². The van der Waals surface area contributed by atoms with Gasteiger partial charge in [0.05, 0.1) is 11.4 Å². The molecule has 0 aliphatic rings. The Balaban J connectivity index is 1.84. The van der Waals surface area contributed by atoms with Gasteiger partial charge in [0.2, 0.25) is 5.88 Å². The number of halogens is 1.